The summed E-state index contributed by atoms with van der Waals surface area (Å²) in [7, 11) is 0. The summed E-state index contributed by atoms with van der Waals surface area (Å²) in [5.41, 5.74) is -0.120. The molecule has 0 amide bonds. The molecule has 0 bridgehead atoms. The Morgan fingerprint density at radius 1 is 0.938 bits per heavy atom. The predicted molar refractivity (Wildman–Crippen MR) is 113 cm³/mol. The Morgan fingerprint density at radius 2 is 1.50 bits per heavy atom. The van der Waals surface area contributed by atoms with Crippen LogP contribution < -0.4 is 0 Å². The Kier molecular flexibility index (Phi) is 9.56. The van der Waals surface area contributed by atoms with Crippen LogP contribution in [0.2, 0.25) is 0 Å². The molecule has 0 radical (unpaired) electrons. The first kappa shape index (κ1) is 25.2. The summed E-state index contributed by atoms with van der Waals surface area (Å²) in [5, 5.41) is 31.1. The standard InChI is InChI=1S/C22H24O9S/c1-13(23)30-12-18-16(10-20(26)27)15(9-19(24)25)17(11-21(28)29)22(31-18)32-8-7-14-5-3-2-4-6-14/h2-6,15-18,22H,9-12H2,1H3,(H,24,25)(H,26,27)(H,28,29)/t15-,16+,17+,18-,22-/m0/s1. The fourth-order valence-corrected chi connectivity index (χ4v) is 4.72. The third-order valence-electron chi connectivity index (χ3n) is 5.06. The molecule has 1 aliphatic rings. The Morgan fingerprint density at radius 3 is 2.06 bits per heavy atom. The number of carbonyl (C=O) groups excluding carboxylic acids is 1. The molecule has 2 rings (SSSR count). The van der Waals surface area contributed by atoms with Gasteiger partial charge in [-0.15, -0.1) is 0 Å². The molecule has 0 unspecified atom stereocenters. The van der Waals surface area contributed by atoms with E-state index >= 15 is 0 Å². The second-order valence-electron chi connectivity index (χ2n) is 7.34. The van der Waals surface area contributed by atoms with Gasteiger partial charge < -0.3 is 24.8 Å². The monoisotopic (exact) mass is 464 g/mol. The summed E-state index contributed by atoms with van der Waals surface area (Å²) >= 11 is 1.00. The first-order valence-corrected chi connectivity index (χ1v) is 10.7. The number of esters is 1. The molecule has 1 aromatic carbocycles. The van der Waals surface area contributed by atoms with Gasteiger partial charge in [-0.05, 0) is 35.1 Å². The van der Waals surface area contributed by atoms with Crippen LogP contribution in [0.15, 0.2) is 30.3 Å². The third-order valence-corrected chi connectivity index (χ3v) is 5.97. The molecule has 5 atom stereocenters. The highest BCUT2D eigenvalue weighted by atomic mass is 32.2. The zero-order valence-electron chi connectivity index (χ0n) is 17.3. The number of ether oxygens (including phenoxy) is 2. The number of aliphatic carboxylic acids is 3. The van der Waals surface area contributed by atoms with Gasteiger partial charge in [0.1, 0.15) is 12.0 Å². The minimum absolute atomic E-state index is 0.271. The van der Waals surface area contributed by atoms with Gasteiger partial charge in [-0.25, -0.2) is 0 Å². The number of thioether (sulfide) groups is 1. The van der Waals surface area contributed by atoms with Crippen molar-refractivity contribution in [2.24, 2.45) is 17.8 Å². The van der Waals surface area contributed by atoms with E-state index in [1.54, 1.807) is 12.1 Å². The van der Waals surface area contributed by atoms with E-state index in [9.17, 15) is 34.5 Å². The highest BCUT2D eigenvalue weighted by molar-refractivity contribution is 8.04. The molecular formula is C22H24O9S. The van der Waals surface area contributed by atoms with Gasteiger partial charge in [0.25, 0.3) is 0 Å². The molecule has 1 heterocycles. The third kappa shape index (κ3) is 7.90. The molecule has 172 valence electrons. The van der Waals surface area contributed by atoms with Crippen molar-refractivity contribution in [1.82, 2.24) is 0 Å². The topological polar surface area (TPSA) is 147 Å². The van der Waals surface area contributed by atoms with Crippen molar-refractivity contribution in [2.45, 2.75) is 37.7 Å². The van der Waals surface area contributed by atoms with E-state index in [0.717, 1.165) is 17.3 Å². The Bertz CT molecular complexity index is 890. The van der Waals surface area contributed by atoms with E-state index < -0.39 is 72.4 Å². The molecule has 0 saturated carbocycles. The van der Waals surface area contributed by atoms with Crippen LogP contribution in [0.3, 0.4) is 0 Å². The normalized spacial score (nSPS) is 24.6. The zero-order chi connectivity index (χ0) is 23.7. The Labute approximate surface area is 189 Å². The molecule has 1 saturated heterocycles. The number of hydrogen-bond donors (Lipinski definition) is 3. The van der Waals surface area contributed by atoms with Crippen LogP contribution in [0.4, 0.5) is 0 Å². The van der Waals surface area contributed by atoms with E-state index in [1.807, 2.05) is 18.2 Å². The van der Waals surface area contributed by atoms with Crippen LogP contribution in [-0.2, 0) is 28.7 Å². The molecule has 9 nitrogen and oxygen atoms in total. The average molecular weight is 464 g/mol. The maximum absolute atomic E-state index is 11.6. The number of rotatable bonds is 9. The lowest BCUT2D eigenvalue weighted by molar-refractivity contribution is -0.172. The molecule has 32 heavy (non-hydrogen) atoms. The lowest BCUT2D eigenvalue weighted by Crippen LogP contribution is -2.50. The predicted octanol–water partition coefficient (Wildman–Crippen LogP) is 2.29. The van der Waals surface area contributed by atoms with Crippen molar-refractivity contribution < 1.29 is 44.0 Å². The molecular weight excluding hydrogens is 440 g/mol. The van der Waals surface area contributed by atoms with Gasteiger partial charge >= 0.3 is 23.9 Å². The average Bonchev–Trinajstić information content (AvgIpc) is 2.70. The van der Waals surface area contributed by atoms with Gasteiger partial charge in [-0.2, -0.15) is 0 Å². The molecule has 0 aromatic heterocycles. The first-order valence-electron chi connectivity index (χ1n) is 9.83. The van der Waals surface area contributed by atoms with Crippen LogP contribution in [0, 0.1) is 28.9 Å². The molecule has 1 aliphatic heterocycles. The highest BCUT2D eigenvalue weighted by Gasteiger charge is 2.48. The maximum atomic E-state index is 11.6. The number of hydrogen-bond acceptors (Lipinski definition) is 7. The van der Waals surface area contributed by atoms with Crippen LogP contribution >= 0.6 is 11.8 Å². The minimum Gasteiger partial charge on any atom is -0.481 e. The Hall–Kier alpha value is -3.03. The van der Waals surface area contributed by atoms with Crippen molar-refractivity contribution in [3.63, 3.8) is 0 Å². The van der Waals surface area contributed by atoms with Gasteiger partial charge in [-0.3, -0.25) is 19.2 Å². The van der Waals surface area contributed by atoms with E-state index in [0.29, 0.717) is 0 Å². The van der Waals surface area contributed by atoms with Gasteiger partial charge in [0, 0.05) is 30.7 Å². The lowest BCUT2D eigenvalue weighted by Gasteiger charge is -2.45. The molecule has 3 N–H and O–H groups in total. The summed E-state index contributed by atoms with van der Waals surface area (Å²) in [6.07, 6.45) is -2.23. The minimum atomic E-state index is -1.19. The van der Waals surface area contributed by atoms with Crippen LogP contribution in [0.1, 0.15) is 31.7 Å². The summed E-state index contributed by atoms with van der Waals surface area (Å²) < 4.78 is 11.0. The van der Waals surface area contributed by atoms with Gasteiger partial charge in [-0.1, -0.05) is 24.1 Å². The summed E-state index contributed by atoms with van der Waals surface area (Å²) in [6.45, 7) is 0.918. The molecule has 1 aromatic rings. The van der Waals surface area contributed by atoms with Crippen molar-refractivity contribution in [2.75, 3.05) is 6.61 Å². The maximum Gasteiger partial charge on any atom is 0.303 e. The SMILES string of the molecule is CC(=O)OC[C@@H]1O[C@@H](SC#Cc2ccccc2)[C@H](CC(=O)O)[C@@H](CC(=O)O)[C@H]1CC(=O)O. The fourth-order valence-electron chi connectivity index (χ4n) is 3.75. The largest absolute Gasteiger partial charge is 0.481 e. The highest BCUT2D eigenvalue weighted by Crippen LogP contribution is 2.44. The fraction of sp³-hybridized carbons (Fsp3) is 0.455. The molecule has 0 spiro atoms. The van der Waals surface area contributed by atoms with Gasteiger partial charge in [0.05, 0.1) is 18.9 Å². The second kappa shape index (κ2) is 12.1. The van der Waals surface area contributed by atoms with Crippen molar-refractivity contribution >= 4 is 35.6 Å². The van der Waals surface area contributed by atoms with Crippen molar-refractivity contribution in [3.05, 3.63) is 35.9 Å². The van der Waals surface area contributed by atoms with E-state index in [-0.39, 0.29) is 6.61 Å². The first-order chi connectivity index (χ1) is 15.2. The number of carboxylic acids is 3. The summed E-state index contributed by atoms with van der Waals surface area (Å²) in [5.74, 6) is -3.71. The molecule has 10 heteroatoms. The molecule has 1 fully saturated rings. The van der Waals surface area contributed by atoms with Crippen molar-refractivity contribution in [1.29, 1.82) is 0 Å². The smallest absolute Gasteiger partial charge is 0.303 e. The lowest BCUT2D eigenvalue weighted by atomic mass is 9.72. The second-order valence-corrected chi connectivity index (χ2v) is 8.25. The zero-order valence-corrected chi connectivity index (χ0v) is 18.1. The summed E-state index contributed by atoms with van der Waals surface area (Å²) in [6, 6.07) is 9.05. The summed E-state index contributed by atoms with van der Waals surface area (Å²) in [4.78, 5) is 45.9. The number of carboxylic acid groups (broad SMARTS) is 3. The Balaban J connectivity index is 2.38. The van der Waals surface area contributed by atoms with E-state index in [4.69, 9.17) is 9.47 Å². The van der Waals surface area contributed by atoms with E-state index in [2.05, 4.69) is 11.2 Å². The van der Waals surface area contributed by atoms with Crippen molar-refractivity contribution in [3.8, 4) is 11.2 Å². The number of benzene rings is 1. The van der Waals surface area contributed by atoms with Crippen LogP contribution in [0.5, 0.6) is 0 Å². The quantitative estimate of drug-likeness (QED) is 0.367. The van der Waals surface area contributed by atoms with Gasteiger partial charge in [0.2, 0.25) is 0 Å². The number of carbonyl (C=O) groups is 4. The van der Waals surface area contributed by atoms with Gasteiger partial charge in [0.15, 0.2) is 0 Å². The molecule has 0 aliphatic carbocycles. The van der Waals surface area contributed by atoms with Crippen LogP contribution in [-0.4, -0.2) is 57.3 Å². The van der Waals surface area contributed by atoms with Crippen LogP contribution in [0.25, 0.3) is 0 Å². The van der Waals surface area contributed by atoms with E-state index in [1.165, 1.54) is 6.92 Å².